The van der Waals surface area contributed by atoms with E-state index in [1.165, 1.54) is 0 Å². The summed E-state index contributed by atoms with van der Waals surface area (Å²) >= 11 is 0. The average molecular weight is 486 g/mol. The van der Waals surface area contributed by atoms with Crippen molar-refractivity contribution in [3.8, 4) is 0 Å². The van der Waals surface area contributed by atoms with Crippen LogP contribution in [0.25, 0.3) is 0 Å². The summed E-state index contributed by atoms with van der Waals surface area (Å²) in [6, 6.07) is 0. The van der Waals surface area contributed by atoms with Gasteiger partial charge in [0, 0.05) is 46.7 Å². The first-order chi connectivity index (χ1) is 11.2. The Balaban J connectivity index is 0.00000312. The van der Waals surface area contributed by atoms with Crippen LogP contribution in [0.15, 0.2) is 4.99 Å². The van der Waals surface area contributed by atoms with Crippen molar-refractivity contribution in [1.29, 1.82) is 0 Å². The largest absolute Gasteiger partial charge is 0.356 e. The van der Waals surface area contributed by atoms with Gasteiger partial charge in [0.15, 0.2) is 15.8 Å². The van der Waals surface area contributed by atoms with Crippen LogP contribution >= 0.6 is 24.0 Å². The van der Waals surface area contributed by atoms with E-state index in [1.54, 1.807) is 27.8 Å². The maximum absolute atomic E-state index is 12.1. The van der Waals surface area contributed by atoms with Crippen molar-refractivity contribution < 1.29 is 13.2 Å². The van der Waals surface area contributed by atoms with E-state index in [-0.39, 0.29) is 35.6 Å². The number of amides is 1. The van der Waals surface area contributed by atoms with Crippen molar-refractivity contribution in [3.63, 3.8) is 0 Å². The Bertz CT molecular complexity index is 599. The van der Waals surface area contributed by atoms with Gasteiger partial charge in [-0.05, 0) is 32.6 Å². The summed E-state index contributed by atoms with van der Waals surface area (Å²) in [5.41, 5.74) is 0. The smallest absolute Gasteiger partial charge is 0.219 e. The molecule has 2 rings (SSSR count). The molecule has 0 radical (unpaired) electrons. The monoisotopic (exact) mass is 486 g/mol. The van der Waals surface area contributed by atoms with Gasteiger partial charge in [-0.3, -0.25) is 9.79 Å². The van der Waals surface area contributed by atoms with Crippen molar-refractivity contribution in [2.75, 3.05) is 45.5 Å². The molecule has 0 aromatic carbocycles. The fourth-order valence-corrected chi connectivity index (χ4v) is 4.71. The van der Waals surface area contributed by atoms with Gasteiger partial charge in [-0.25, -0.2) is 8.42 Å². The lowest BCUT2D eigenvalue weighted by Gasteiger charge is -2.39. The summed E-state index contributed by atoms with van der Waals surface area (Å²) in [7, 11) is -1.31. The van der Waals surface area contributed by atoms with E-state index in [9.17, 15) is 13.2 Å². The first-order valence-electron chi connectivity index (χ1n) is 8.60. The number of piperidine rings is 1. The predicted octanol–water partition coefficient (Wildman–Crippen LogP) is 0.947. The lowest BCUT2D eigenvalue weighted by molar-refractivity contribution is -0.130. The summed E-state index contributed by atoms with van der Waals surface area (Å²) in [5.74, 6) is 1.59. The van der Waals surface area contributed by atoms with Gasteiger partial charge in [0.2, 0.25) is 5.91 Å². The summed E-state index contributed by atoms with van der Waals surface area (Å²) < 4.78 is 23.5. The minimum atomic E-state index is -3.05. The maximum Gasteiger partial charge on any atom is 0.219 e. The molecule has 1 N–H and O–H groups in total. The molecule has 9 heteroatoms. The summed E-state index contributed by atoms with van der Waals surface area (Å²) in [6.07, 6.45) is 1.98. The van der Waals surface area contributed by atoms with Crippen molar-refractivity contribution >= 4 is 45.7 Å². The molecule has 1 amide bonds. The summed E-state index contributed by atoms with van der Waals surface area (Å²) in [4.78, 5) is 19.6. The molecule has 0 spiro atoms. The molecular formula is C16H31IN4O3S. The van der Waals surface area contributed by atoms with Gasteiger partial charge < -0.3 is 15.1 Å². The topological polar surface area (TPSA) is 82.1 Å². The molecule has 2 aliphatic heterocycles. The number of carbonyl (C=O) groups excluding carboxylic acids is 1. The number of halogens is 1. The number of hydrogen-bond acceptors (Lipinski definition) is 4. The maximum atomic E-state index is 12.1. The number of nitrogens with one attached hydrogen (secondary N) is 1. The van der Waals surface area contributed by atoms with Crippen molar-refractivity contribution in [3.05, 3.63) is 0 Å². The molecule has 0 saturated carbocycles. The third-order valence-electron chi connectivity index (χ3n) is 5.16. The zero-order valence-corrected chi connectivity index (χ0v) is 18.8. The summed E-state index contributed by atoms with van der Waals surface area (Å²) in [6.45, 7) is 8.55. The molecule has 0 aromatic rings. The van der Waals surface area contributed by atoms with Gasteiger partial charge in [-0.15, -0.1) is 24.0 Å². The minimum Gasteiger partial charge on any atom is -0.356 e. The first-order valence-corrected chi connectivity index (χ1v) is 10.2. The molecule has 2 heterocycles. The van der Waals surface area contributed by atoms with Crippen LogP contribution in [-0.4, -0.2) is 80.4 Å². The van der Waals surface area contributed by atoms with Crippen LogP contribution in [0.1, 0.15) is 33.6 Å². The number of hydrogen-bond donors (Lipinski definition) is 1. The molecule has 146 valence electrons. The highest BCUT2D eigenvalue weighted by Crippen LogP contribution is 2.24. The lowest BCUT2D eigenvalue weighted by atomic mass is 9.97. The van der Waals surface area contributed by atoms with Crippen LogP contribution in [0.5, 0.6) is 0 Å². The number of guanidine groups is 1. The van der Waals surface area contributed by atoms with Crippen LogP contribution in [0.3, 0.4) is 0 Å². The van der Waals surface area contributed by atoms with E-state index in [2.05, 4.69) is 10.3 Å². The Morgan fingerprint density at radius 1 is 1.20 bits per heavy atom. The quantitative estimate of drug-likeness (QED) is 0.357. The van der Waals surface area contributed by atoms with Crippen molar-refractivity contribution in [1.82, 2.24) is 15.1 Å². The van der Waals surface area contributed by atoms with Gasteiger partial charge in [0.25, 0.3) is 0 Å². The van der Waals surface area contributed by atoms with Crippen molar-refractivity contribution in [2.24, 2.45) is 10.9 Å². The Morgan fingerprint density at radius 3 is 2.28 bits per heavy atom. The molecule has 2 saturated heterocycles. The second kappa shape index (κ2) is 8.88. The highest BCUT2D eigenvalue weighted by Gasteiger charge is 2.41. The van der Waals surface area contributed by atoms with E-state index >= 15 is 0 Å². The molecule has 0 unspecified atom stereocenters. The van der Waals surface area contributed by atoms with Gasteiger partial charge in [0.1, 0.15) is 0 Å². The number of sulfone groups is 1. The molecule has 0 bridgehead atoms. The molecule has 0 aliphatic carbocycles. The fourth-order valence-electron chi connectivity index (χ4n) is 3.34. The first kappa shape index (κ1) is 22.5. The normalized spacial score (nSPS) is 23.8. The van der Waals surface area contributed by atoms with Crippen LogP contribution < -0.4 is 5.32 Å². The average Bonchev–Trinajstić information content (AvgIpc) is 2.51. The van der Waals surface area contributed by atoms with Crippen molar-refractivity contribution in [2.45, 2.75) is 38.4 Å². The van der Waals surface area contributed by atoms with Gasteiger partial charge in [0.05, 0.1) is 10.5 Å². The predicted molar refractivity (Wildman–Crippen MR) is 111 cm³/mol. The van der Waals surface area contributed by atoms with E-state index in [1.807, 2.05) is 9.80 Å². The molecule has 0 aromatic heterocycles. The Morgan fingerprint density at radius 2 is 1.80 bits per heavy atom. The molecule has 25 heavy (non-hydrogen) atoms. The SMILES string of the molecule is CN=C(NCC1CCN(C(C)=O)CC1)N1CCS(=O)(=O)C(C)(C)C1.I. The second-order valence-electron chi connectivity index (χ2n) is 7.38. The minimum absolute atomic E-state index is 0. The fraction of sp³-hybridized carbons (Fsp3) is 0.875. The third-order valence-corrected chi connectivity index (χ3v) is 7.70. The zero-order chi connectivity index (χ0) is 18.0. The Kier molecular flexibility index (Phi) is 7.97. The van der Waals surface area contributed by atoms with E-state index in [4.69, 9.17) is 0 Å². The standard InChI is InChI=1S/C16H30N4O3S.HI/c1-13(21)19-7-5-14(6-8-19)11-18-15(17-4)20-9-10-24(22,23)16(2,3)12-20;/h14H,5-12H2,1-4H3,(H,17,18);1H. The van der Waals surface area contributed by atoms with Gasteiger partial charge in [-0.1, -0.05) is 0 Å². The summed E-state index contributed by atoms with van der Waals surface area (Å²) in [5, 5.41) is 3.40. The van der Waals surface area contributed by atoms with E-state index in [0.717, 1.165) is 38.4 Å². The number of rotatable bonds is 2. The molecule has 7 nitrogen and oxygen atoms in total. The highest BCUT2D eigenvalue weighted by atomic mass is 127. The Labute approximate surface area is 168 Å². The number of nitrogens with zero attached hydrogens (tertiary/aromatic N) is 3. The molecule has 0 atom stereocenters. The zero-order valence-electron chi connectivity index (χ0n) is 15.6. The Hall–Kier alpha value is -0.580. The number of aliphatic imine (C=N–C) groups is 1. The number of likely N-dealkylation sites (tertiary alicyclic amines) is 1. The van der Waals surface area contributed by atoms with Crippen LogP contribution in [0.4, 0.5) is 0 Å². The van der Waals surface area contributed by atoms with E-state index in [0.29, 0.717) is 19.0 Å². The highest BCUT2D eigenvalue weighted by molar-refractivity contribution is 14.0. The lowest BCUT2D eigenvalue weighted by Crippen LogP contribution is -2.57. The van der Waals surface area contributed by atoms with E-state index < -0.39 is 14.6 Å². The number of carbonyl (C=O) groups is 1. The van der Waals surface area contributed by atoms with Crippen LogP contribution in [0.2, 0.25) is 0 Å². The van der Waals surface area contributed by atoms with Crippen LogP contribution in [0, 0.1) is 5.92 Å². The molecule has 2 aliphatic rings. The third kappa shape index (κ3) is 5.45. The van der Waals surface area contributed by atoms with Gasteiger partial charge >= 0.3 is 0 Å². The molecular weight excluding hydrogens is 455 g/mol. The van der Waals surface area contributed by atoms with Crippen LogP contribution in [-0.2, 0) is 14.6 Å². The molecule has 2 fully saturated rings. The van der Waals surface area contributed by atoms with Gasteiger partial charge in [-0.2, -0.15) is 0 Å². The second-order valence-corrected chi connectivity index (χ2v) is 10.1.